The number of pyridine rings is 1. The van der Waals surface area contributed by atoms with Crippen molar-refractivity contribution in [1.82, 2.24) is 19.7 Å². The van der Waals surface area contributed by atoms with Gasteiger partial charge in [0.2, 0.25) is 5.91 Å². The topological polar surface area (TPSA) is 106 Å². The zero-order valence-corrected chi connectivity index (χ0v) is 18.3. The Hall–Kier alpha value is -4.01. The van der Waals surface area contributed by atoms with E-state index in [4.69, 9.17) is 4.74 Å². The minimum Gasteiger partial charge on any atom is -0.452 e. The number of anilines is 1. The van der Waals surface area contributed by atoms with Crippen LogP contribution >= 0.6 is 0 Å². The zero-order valence-electron chi connectivity index (χ0n) is 18.3. The minimum atomic E-state index is -0.611. The molecule has 9 nitrogen and oxygen atoms in total. The Morgan fingerprint density at radius 2 is 1.79 bits per heavy atom. The summed E-state index contributed by atoms with van der Waals surface area (Å²) in [7, 11) is 0. The van der Waals surface area contributed by atoms with E-state index in [0.717, 1.165) is 5.69 Å². The third kappa shape index (κ3) is 5.25. The van der Waals surface area contributed by atoms with Crippen molar-refractivity contribution in [2.45, 2.75) is 19.8 Å². The van der Waals surface area contributed by atoms with E-state index in [0.29, 0.717) is 37.4 Å². The van der Waals surface area contributed by atoms with Gasteiger partial charge in [0.05, 0.1) is 11.9 Å². The van der Waals surface area contributed by atoms with Crippen molar-refractivity contribution in [2.75, 3.05) is 25.0 Å². The summed E-state index contributed by atoms with van der Waals surface area (Å²) in [6, 6.07) is 14.7. The van der Waals surface area contributed by atoms with E-state index in [1.54, 1.807) is 34.8 Å². The van der Waals surface area contributed by atoms with Gasteiger partial charge in [-0.25, -0.2) is 14.5 Å². The van der Waals surface area contributed by atoms with Gasteiger partial charge in [-0.2, -0.15) is 5.10 Å². The average molecular weight is 447 g/mol. The summed E-state index contributed by atoms with van der Waals surface area (Å²) in [5.74, 6) is -0.499. The fraction of sp³-hybridized carbons (Fsp3) is 0.292. The minimum absolute atomic E-state index is 0.0416. The van der Waals surface area contributed by atoms with Crippen molar-refractivity contribution >= 4 is 23.5 Å². The second-order valence-corrected chi connectivity index (χ2v) is 7.83. The van der Waals surface area contributed by atoms with Crippen molar-refractivity contribution in [3.05, 3.63) is 72.2 Å². The molecule has 0 unspecified atom stereocenters. The third-order valence-electron chi connectivity index (χ3n) is 5.68. The molecular weight excluding hydrogens is 422 g/mol. The van der Waals surface area contributed by atoms with Gasteiger partial charge in [-0.1, -0.05) is 24.3 Å². The van der Waals surface area contributed by atoms with Gasteiger partial charge in [-0.05, 0) is 44.0 Å². The molecule has 4 rings (SSSR count). The van der Waals surface area contributed by atoms with Gasteiger partial charge < -0.3 is 15.0 Å². The van der Waals surface area contributed by atoms with Crippen molar-refractivity contribution in [1.29, 1.82) is 0 Å². The number of piperidine rings is 1. The number of esters is 1. The lowest BCUT2D eigenvalue weighted by molar-refractivity contribution is -0.137. The van der Waals surface area contributed by atoms with Crippen LogP contribution in [-0.2, 0) is 14.3 Å². The fourth-order valence-corrected chi connectivity index (χ4v) is 3.77. The van der Waals surface area contributed by atoms with E-state index in [1.165, 1.54) is 6.20 Å². The lowest BCUT2D eigenvalue weighted by atomic mass is 9.95. The number of carbonyl (C=O) groups is 3. The Bertz CT molecular complexity index is 1120. The first-order valence-electron chi connectivity index (χ1n) is 10.8. The van der Waals surface area contributed by atoms with E-state index in [-0.39, 0.29) is 29.9 Å². The van der Waals surface area contributed by atoms with Crippen LogP contribution in [0.3, 0.4) is 0 Å². The molecule has 0 radical (unpaired) electrons. The lowest BCUT2D eigenvalue weighted by Gasteiger charge is -2.31. The molecule has 1 aliphatic heterocycles. The Labute approximate surface area is 191 Å². The molecule has 1 fully saturated rings. The molecule has 1 aromatic carbocycles. The average Bonchev–Trinajstić information content (AvgIpc) is 3.25. The van der Waals surface area contributed by atoms with Crippen molar-refractivity contribution in [2.24, 2.45) is 5.92 Å². The second-order valence-electron chi connectivity index (χ2n) is 7.83. The first-order valence-corrected chi connectivity index (χ1v) is 10.8. The van der Waals surface area contributed by atoms with E-state index < -0.39 is 5.97 Å². The molecule has 1 N–H and O–H groups in total. The number of amides is 2. The molecule has 0 aliphatic carbocycles. The summed E-state index contributed by atoms with van der Waals surface area (Å²) in [6.45, 7) is 2.28. The van der Waals surface area contributed by atoms with Gasteiger partial charge in [-0.15, -0.1) is 0 Å². The Balaban J connectivity index is 1.26. The van der Waals surface area contributed by atoms with Crippen molar-refractivity contribution < 1.29 is 19.1 Å². The maximum Gasteiger partial charge on any atom is 0.342 e. The molecule has 1 saturated heterocycles. The number of rotatable bonds is 6. The monoisotopic (exact) mass is 447 g/mol. The largest absolute Gasteiger partial charge is 0.452 e. The van der Waals surface area contributed by atoms with Crippen LogP contribution in [-0.4, -0.2) is 57.1 Å². The summed E-state index contributed by atoms with van der Waals surface area (Å²) in [4.78, 5) is 43.3. The van der Waals surface area contributed by atoms with Crippen LogP contribution in [0.2, 0.25) is 0 Å². The molecule has 0 bridgehead atoms. The molecule has 33 heavy (non-hydrogen) atoms. The van der Waals surface area contributed by atoms with Crippen LogP contribution < -0.4 is 5.32 Å². The quantitative estimate of drug-likeness (QED) is 0.582. The Morgan fingerprint density at radius 1 is 1.06 bits per heavy atom. The third-order valence-corrected chi connectivity index (χ3v) is 5.68. The molecule has 3 heterocycles. The number of benzene rings is 1. The number of nitrogens with one attached hydrogen (secondary N) is 1. The number of para-hydroxylation sites is 1. The number of hydrogen-bond acceptors (Lipinski definition) is 6. The van der Waals surface area contributed by atoms with E-state index in [1.807, 2.05) is 36.4 Å². The summed E-state index contributed by atoms with van der Waals surface area (Å²) in [6.07, 6.45) is 4.18. The molecule has 0 spiro atoms. The molecule has 170 valence electrons. The molecule has 2 amide bonds. The van der Waals surface area contributed by atoms with Gasteiger partial charge in [0.1, 0.15) is 5.56 Å². The SMILES string of the molecule is Cc1c(C(=O)OCC(=O)N2CCC(C(=O)Nc3ccccc3)CC2)cnn1-c1ccccn1. The Morgan fingerprint density at radius 3 is 2.48 bits per heavy atom. The fourth-order valence-electron chi connectivity index (χ4n) is 3.77. The molecule has 0 saturated carbocycles. The molecule has 3 aromatic rings. The number of nitrogens with zero attached hydrogens (tertiary/aromatic N) is 4. The maximum atomic E-state index is 12.5. The molecule has 2 aromatic heterocycles. The highest BCUT2D eigenvalue weighted by molar-refractivity contribution is 5.93. The second kappa shape index (κ2) is 10.1. The van der Waals surface area contributed by atoms with Crippen LogP contribution in [0.1, 0.15) is 28.9 Å². The number of likely N-dealkylation sites (tertiary alicyclic amines) is 1. The van der Waals surface area contributed by atoms with Gasteiger partial charge in [0.15, 0.2) is 12.4 Å². The number of ether oxygens (including phenoxy) is 1. The first-order chi connectivity index (χ1) is 16.0. The smallest absolute Gasteiger partial charge is 0.342 e. The zero-order chi connectivity index (χ0) is 23.2. The highest BCUT2D eigenvalue weighted by Crippen LogP contribution is 2.20. The molecule has 1 aliphatic rings. The van der Waals surface area contributed by atoms with E-state index in [9.17, 15) is 14.4 Å². The van der Waals surface area contributed by atoms with Crippen LogP contribution in [0.4, 0.5) is 5.69 Å². The summed E-state index contributed by atoms with van der Waals surface area (Å²) >= 11 is 0. The summed E-state index contributed by atoms with van der Waals surface area (Å²) in [5.41, 5.74) is 1.62. The van der Waals surface area contributed by atoms with Crippen LogP contribution in [0.5, 0.6) is 0 Å². The number of hydrogen-bond donors (Lipinski definition) is 1. The van der Waals surface area contributed by atoms with Gasteiger partial charge in [0.25, 0.3) is 5.91 Å². The maximum absolute atomic E-state index is 12.5. The van der Waals surface area contributed by atoms with Gasteiger partial charge in [-0.3, -0.25) is 9.59 Å². The molecule has 9 heteroatoms. The number of aromatic nitrogens is 3. The summed E-state index contributed by atoms with van der Waals surface area (Å²) < 4.78 is 6.79. The van der Waals surface area contributed by atoms with Crippen molar-refractivity contribution in [3.8, 4) is 5.82 Å². The van der Waals surface area contributed by atoms with Gasteiger partial charge in [0, 0.05) is 30.9 Å². The Kier molecular flexibility index (Phi) is 6.77. The van der Waals surface area contributed by atoms with Gasteiger partial charge >= 0.3 is 5.97 Å². The van der Waals surface area contributed by atoms with E-state index in [2.05, 4.69) is 15.4 Å². The number of carbonyl (C=O) groups excluding carboxylic acids is 3. The van der Waals surface area contributed by atoms with E-state index >= 15 is 0 Å². The predicted octanol–water partition coefficient (Wildman–Crippen LogP) is 2.61. The standard InChI is InChI=1S/C24H25N5O4/c1-17-20(15-26-29(17)21-9-5-6-12-25-21)24(32)33-16-22(30)28-13-10-18(11-14-28)23(31)27-19-7-3-2-4-8-19/h2-9,12,15,18H,10-11,13-14,16H2,1H3,(H,27,31). The lowest BCUT2D eigenvalue weighted by Crippen LogP contribution is -2.43. The van der Waals surface area contributed by atoms with Crippen molar-refractivity contribution in [3.63, 3.8) is 0 Å². The normalized spacial score (nSPS) is 14.0. The molecule has 0 atom stereocenters. The van der Waals surface area contributed by atoms with Crippen LogP contribution in [0.25, 0.3) is 5.82 Å². The first kappa shape index (κ1) is 22.2. The van der Waals surface area contributed by atoms with Crippen LogP contribution in [0, 0.1) is 12.8 Å². The molecular formula is C24H25N5O4. The predicted molar refractivity (Wildman–Crippen MR) is 121 cm³/mol. The highest BCUT2D eigenvalue weighted by Gasteiger charge is 2.28. The summed E-state index contributed by atoms with van der Waals surface area (Å²) in [5, 5.41) is 7.11. The highest BCUT2D eigenvalue weighted by atomic mass is 16.5. The van der Waals surface area contributed by atoms with Crippen LogP contribution in [0.15, 0.2) is 60.9 Å².